The van der Waals surface area contributed by atoms with Gasteiger partial charge in [0.05, 0.1) is 19.1 Å². The van der Waals surface area contributed by atoms with Crippen molar-refractivity contribution in [1.29, 1.82) is 0 Å². The maximum Gasteiger partial charge on any atom is 0.451 e. The van der Waals surface area contributed by atoms with E-state index in [-0.39, 0.29) is 11.5 Å². The van der Waals surface area contributed by atoms with E-state index in [1.807, 2.05) is 35.6 Å². The lowest BCUT2D eigenvalue weighted by Gasteiger charge is -2.30. The summed E-state index contributed by atoms with van der Waals surface area (Å²) in [4.78, 5) is 50.5. The molecule has 1 aliphatic rings. The van der Waals surface area contributed by atoms with Gasteiger partial charge in [-0.15, -0.1) is 0 Å². The fourth-order valence-electron chi connectivity index (χ4n) is 4.52. The molecule has 0 radical (unpaired) electrons. The molecule has 3 N–H and O–H groups in total. The fraction of sp³-hybridized carbons (Fsp3) is 0.407. The number of ether oxygens (including phenoxy) is 1. The summed E-state index contributed by atoms with van der Waals surface area (Å²) >= 11 is 0. The Labute approximate surface area is 218 Å². The minimum Gasteiger partial charge on any atom is -0.497 e. The zero-order valence-corrected chi connectivity index (χ0v) is 21.1. The molecule has 1 fully saturated rings. The van der Waals surface area contributed by atoms with Gasteiger partial charge in [0, 0.05) is 0 Å². The second-order valence-corrected chi connectivity index (χ2v) is 9.20. The molecule has 38 heavy (non-hydrogen) atoms. The van der Waals surface area contributed by atoms with Crippen molar-refractivity contribution >= 4 is 23.5 Å². The number of carbonyl (C=O) groups excluding carboxylic acids is 4. The van der Waals surface area contributed by atoms with Gasteiger partial charge in [-0.1, -0.05) is 55.3 Å². The fourth-order valence-corrected chi connectivity index (χ4v) is 4.52. The van der Waals surface area contributed by atoms with E-state index in [2.05, 4.69) is 10.6 Å². The van der Waals surface area contributed by atoms with Gasteiger partial charge in [0.1, 0.15) is 17.8 Å². The Bertz CT molecular complexity index is 1150. The molecular weight excluding hydrogens is 503 g/mol. The first-order chi connectivity index (χ1) is 18.0. The summed E-state index contributed by atoms with van der Waals surface area (Å²) in [6.45, 7) is 0.174. The molecule has 0 heterocycles. The van der Waals surface area contributed by atoms with E-state index in [0.717, 1.165) is 18.4 Å². The highest BCUT2D eigenvalue weighted by atomic mass is 19.4. The first-order valence-corrected chi connectivity index (χ1v) is 12.2. The van der Waals surface area contributed by atoms with Crippen LogP contribution in [0, 0.1) is 0 Å². The summed E-state index contributed by atoms with van der Waals surface area (Å²) in [5, 5.41) is 7.15. The summed E-state index contributed by atoms with van der Waals surface area (Å²) in [5.41, 5.74) is 0.319. The number of halogens is 3. The molecule has 0 bridgehead atoms. The zero-order valence-electron chi connectivity index (χ0n) is 21.1. The Morgan fingerprint density at radius 2 is 1.53 bits per heavy atom. The van der Waals surface area contributed by atoms with Crippen molar-refractivity contribution < 1.29 is 37.1 Å². The predicted octanol–water partition coefficient (Wildman–Crippen LogP) is 3.12. The number of hydrogen-bond acceptors (Lipinski definition) is 5. The van der Waals surface area contributed by atoms with Gasteiger partial charge in [-0.3, -0.25) is 19.2 Å². The predicted molar refractivity (Wildman–Crippen MR) is 132 cm³/mol. The van der Waals surface area contributed by atoms with Crippen molar-refractivity contribution in [3.63, 3.8) is 0 Å². The van der Waals surface area contributed by atoms with Crippen LogP contribution >= 0.6 is 0 Å². The lowest BCUT2D eigenvalue weighted by molar-refractivity contribution is -0.170. The topological polar surface area (TPSA) is 114 Å². The molecular formula is C27H30F3N3O5. The molecule has 0 spiro atoms. The van der Waals surface area contributed by atoms with Gasteiger partial charge in [-0.05, 0) is 43.0 Å². The Kier molecular flexibility index (Phi) is 9.13. The third-order valence-electron chi connectivity index (χ3n) is 6.70. The first kappa shape index (κ1) is 28.7. The molecule has 1 saturated carbocycles. The summed E-state index contributed by atoms with van der Waals surface area (Å²) in [7, 11) is 1.43. The summed E-state index contributed by atoms with van der Waals surface area (Å²) in [6, 6.07) is 12.8. The standard InChI is InChI=1S/C27H30F3N3O5/c1-17(32-25(37)26(14-6-7-15-26)19-8-4-3-5-9-19)23(35)33-22(18-10-12-20(38-2)13-11-18)24(36)31-16-21(34)27(28,29)30/h3-5,8-13,17,22H,6-7,14-16H2,1-2H3,(H,31,36)(H,32,37)(H,33,35)/t17-,22?/m0/s1. The Morgan fingerprint density at radius 3 is 2.08 bits per heavy atom. The van der Waals surface area contributed by atoms with Gasteiger partial charge in [-0.2, -0.15) is 13.2 Å². The van der Waals surface area contributed by atoms with Crippen LogP contribution < -0.4 is 20.7 Å². The molecule has 0 aliphatic heterocycles. The number of nitrogens with one attached hydrogen (secondary N) is 3. The highest BCUT2D eigenvalue weighted by molar-refractivity contribution is 5.96. The lowest BCUT2D eigenvalue weighted by Crippen LogP contribution is -2.53. The number of Topliss-reactive ketones (excluding diaryl/α,β-unsaturated/α-hetero) is 1. The number of rotatable bonds is 10. The largest absolute Gasteiger partial charge is 0.497 e. The van der Waals surface area contributed by atoms with Crippen molar-refractivity contribution in [3.8, 4) is 5.75 Å². The summed E-state index contributed by atoms with van der Waals surface area (Å²) < 4.78 is 42.9. The van der Waals surface area contributed by atoms with Crippen LogP contribution in [0.1, 0.15) is 49.8 Å². The SMILES string of the molecule is COc1ccc(C(NC(=O)[C@H](C)NC(=O)C2(c3ccccc3)CCCC2)C(=O)NCC(=O)C(F)(F)F)cc1. The van der Waals surface area contributed by atoms with Crippen molar-refractivity contribution in [2.24, 2.45) is 0 Å². The number of carbonyl (C=O) groups is 4. The van der Waals surface area contributed by atoms with Crippen molar-refractivity contribution in [1.82, 2.24) is 16.0 Å². The number of ketones is 1. The van der Waals surface area contributed by atoms with Crippen LogP contribution in [0.5, 0.6) is 5.75 Å². The number of benzene rings is 2. The van der Waals surface area contributed by atoms with E-state index in [0.29, 0.717) is 18.6 Å². The molecule has 1 aliphatic carbocycles. The summed E-state index contributed by atoms with van der Waals surface area (Å²) in [6.07, 6.45) is -2.14. The van der Waals surface area contributed by atoms with Gasteiger partial charge in [0.25, 0.3) is 5.78 Å². The third kappa shape index (κ3) is 6.70. The molecule has 204 valence electrons. The van der Waals surface area contributed by atoms with E-state index in [9.17, 15) is 32.3 Å². The molecule has 2 aromatic rings. The van der Waals surface area contributed by atoms with Gasteiger partial charge in [0.2, 0.25) is 17.7 Å². The van der Waals surface area contributed by atoms with Crippen LogP contribution in [0.3, 0.4) is 0 Å². The van der Waals surface area contributed by atoms with Gasteiger partial charge in [0.15, 0.2) is 0 Å². The third-order valence-corrected chi connectivity index (χ3v) is 6.70. The van der Waals surface area contributed by atoms with Crippen LogP contribution in [0.2, 0.25) is 0 Å². The van der Waals surface area contributed by atoms with Crippen LogP contribution in [-0.4, -0.2) is 49.4 Å². The number of amides is 3. The van der Waals surface area contributed by atoms with Gasteiger partial charge >= 0.3 is 6.18 Å². The van der Waals surface area contributed by atoms with Crippen molar-refractivity contribution in [3.05, 3.63) is 65.7 Å². The van der Waals surface area contributed by atoms with E-state index >= 15 is 0 Å². The first-order valence-electron chi connectivity index (χ1n) is 12.2. The number of hydrogen-bond donors (Lipinski definition) is 3. The molecule has 0 saturated heterocycles. The van der Waals surface area contributed by atoms with Crippen LogP contribution in [0.25, 0.3) is 0 Å². The molecule has 3 rings (SSSR count). The normalized spacial score (nSPS) is 16.1. The maximum absolute atomic E-state index is 13.4. The average molecular weight is 534 g/mol. The molecule has 2 aromatic carbocycles. The van der Waals surface area contributed by atoms with Crippen molar-refractivity contribution in [2.75, 3.05) is 13.7 Å². The van der Waals surface area contributed by atoms with Crippen LogP contribution in [0.4, 0.5) is 13.2 Å². The number of alkyl halides is 3. The Balaban J connectivity index is 1.75. The maximum atomic E-state index is 13.4. The second-order valence-electron chi connectivity index (χ2n) is 9.20. The average Bonchev–Trinajstić information content (AvgIpc) is 3.41. The van der Waals surface area contributed by atoms with E-state index < -0.39 is 47.8 Å². The van der Waals surface area contributed by atoms with Crippen molar-refractivity contribution in [2.45, 2.75) is 56.3 Å². The lowest BCUT2D eigenvalue weighted by atomic mass is 9.78. The smallest absolute Gasteiger partial charge is 0.451 e. The zero-order chi connectivity index (χ0) is 27.9. The quantitative estimate of drug-likeness (QED) is 0.434. The van der Waals surface area contributed by atoms with Gasteiger partial charge in [-0.25, -0.2) is 0 Å². The van der Waals surface area contributed by atoms with E-state index in [1.54, 1.807) is 0 Å². The Hall–Kier alpha value is -3.89. The minimum atomic E-state index is -5.11. The van der Waals surface area contributed by atoms with E-state index in [1.165, 1.54) is 38.3 Å². The molecule has 1 unspecified atom stereocenters. The second kappa shape index (κ2) is 12.1. The highest BCUT2D eigenvalue weighted by Crippen LogP contribution is 2.41. The minimum absolute atomic E-state index is 0.242. The molecule has 11 heteroatoms. The molecule has 8 nitrogen and oxygen atoms in total. The van der Waals surface area contributed by atoms with Gasteiger partial charge < -0.3 is 20.7 Å². The Morgan fingerprint density at radius 1 is 0.921 bits per heavy atom. The van der Waals surface area contributed by atoms with E-state index in [4.69, 9.17) is 4.74 Å². The monoisotopic (exact) mass is 533 g/mol. The van der Waals surface area contributed by atoms with Crippen LogP contribution in [-0.2, 0) is 24.6 Å². The molecule has 2 atom stereocenters. The van der Waals surface area contributed by atoms with Crippen LogP contribution in [0.15, 0.2) is 54.6 Å². The number of methoxy groups -OCH3 is 1. The molecule has 0 aromatic heterocycles. The molecule has 3 amide bonds. The highest BCUT2D eigenvalue weighted by Gasteiger charge is 2.43. The summed E-state index contributed by atoms with van der Waals surface area (Å²) in [5.74, 6) is -3.73.